The van der Waals surface area contributed by atoms with Crippen LogP contribution in [0.5, 0.6) is 0 Å². The normalized spacial score (nSPS) is 11.9. The highest BCUT2D eigenvalue weighted by molar-refractivity contribution is 5.88. The van der Waals surface area contributed by atoms with E-state index in [1.165, 1.54) is 6.92 Å². The fourth-order valence-corrected chi connectivity index (χ4v) is 1.50. The van der Waals surface area contributed by atoms with E-state index in [9.17, 15) is 9.59 Å². The van der Waals surface area contributed by atoms with Crippen LogP contribution in [-0.2, 0) is 16.1 Å². The highest BCUT2D eigenvalue weighted by atomic mass is 16.2. The molecule has 4 heteroatoms. The SMILES string of the molecule is CNC(CC(=O)NCc1ccccc1)C(C)=O. The zero-order valence-corrected chi connectivity index (χ0v) is 10.2. The van der Waals surface area contributed by atoms with E-state index >= 15 is 0 Å². The standard InChI is InChI=1S/C13H18N2O2/c1-10(16)12(14-2)8-13(17)15-9-11-6-4-3-5-7-11/h3-7,12,14H,8-9H2,1-2H3,(H,15,17). The lowest BCUT2D eigenvalue weighted by atomic mass is 10.1. The summed E-state index contributed by atoms with van der Waals surface area (Å²) in [5.41, 5.74) is 1.05. The van der Waals surface area contributed by atoms with Gasteiger partial charge in [0.05, 0.1) is 6.04 Å². The van der Waals surface area contributed by atoms with Gasteiger partial charge in [0.1, 0.15) is 5.78 Å². The third-order valence-corrected chi connectivity index (χ3v) is 2.56. The van der Waals surface area contributed by atoms with Crippen molar-refractivity contribution < 1.29 is 9.59 Å². The Morgan fingerprint density at radius 2 is 1.88 bits per heavy atom. The first-order chi connectivity index (χ1) is 8.13. The van der Waals surface area contributed by atoms with Crippen LogP contribution in [0, 0.1) is 0 Å². The van der Waals surface area contributed by atoms with Gasteiger partial charge in [0.25, 0.3) is 0 Å². The van der Waals surface area contributed by atoms with Crippen LogP contribution in [0.2, 0.25) is 0 Å². The molecule has 4 nitrogen and oxygen atoms in total. The Morgan fingerprint density at radius 3 is 2.41 bits per heavy atom. The van der Waals surface area contributed by atoms with Gasteiger partial charge in [0.2, 0.25) is 5.91 Å². The summed E-state index contributed by atoms with van der Waals surface area (Å²) in [5, 5.41) is 5.61. The first-order valence-corrected chi connectivity index (χ1v) is 5.62. The summed E-state index contributed by atoms with van der Waals surface area (Å²) in [6.07, 6.45) is 0.179. The van der Waals surface area contributed by atoms with E-state index in [0.29, 0.717) is 6.54 Å². The predicted molar refractivity (Wildman–Crippen MR) is 66.4 cm³/mol. The highest BCUT2D eigenvalue weighted by Gasteiger charge is 2.15. The summed E-state index contributed by atoms with van der Waals surface area (Å²) in [6.45, 7) is 1.97. The third kappa shape index (κ3) is 4.78. The molecule has 0 heterocycles. The molecule has 1 aromatic carbocycles. The molecule has 2 N–H and O–H groups in total. The second-order valence-corrected chi connectivity index (χ2v) is 3.92. The van der Waals surface area contributed by atoms with E-state index in [1.54, 1.807) is 7.05 Å². The van der Waals surface area contributed by atoms with Crippen molar-refractivity contribution in [1.82, 2.24) is 10.6 Å². The van der Waals surface area contributed by atoms with Crippen LogP contribution in [-0.4, -0.2) is 24.8 Å². The minimum Gasteiger partial charge on any atom is -0.352 e. The topological polar surface area (TPSA) is 58.2 Å². The number of amides is 1. The maximum atomic E-state index is 11.6. The molecule has 0 fully saturated rings. The van der Waals surface area contributed by atoms with E-state index in [-0.39, 0.29) is 18.1 Å². The zero-order valence-electron chi connectivity index (χ0n) is 10.2. The van der Waals surface area contributed by atoms with Gasteiger partial charge in [-0.15, -0.1) is 0 Å². The van der Waals surface area contributed by atoms with Gasteiger partial charge in [0.15, 0.2) is 0 Å². The fourth-order valence-electron chi connectivity index (χ4n) is 1.50. The Labute approximate surface area is 101 Å². The summed E-state index contributed by atoms with van der Waals surface area (Å²) in [6, 6.07) is 9.27. The summed E-state index contributed by atoms with van der Waals surface area (Å²) < 4.78 is 0. The minimum absolute atomic E-state index is 0.0256. The van der Waals surface area contributed by atoms with Gasteiger partial charge in [0, 0.05) is 13.0 Å². The van der Waals surface area contributed by atoms with Crippen molar-refractivity contribution in [3.63, 3.8) is 0 Å². The molecule has 0 saturated heterocycles. The van der Waals surface area contributed by atoms with Crippen molar-refractivity contribution in [2.75, 3.05) is 7.05 Å². The average molecular weight is 234 g/mol. The number of carbonyl (C=O) groups is 2. The quantitative estimate of drug-likeness (QED) is 0.768. The maximum Gasteiger partial charge on any atom is 0.222 e. The molecule has 1 aromatic rings. The van der Waals surface area contributed by atoms with E-state index in [0.717, 1.165) is 5.56 Å². The van der Waals surface area contributed by atoms with E-state index in [1.807, 2.05) is 30.3 Å². The Bertz CT molecular complexity index is 376. The first-order valence-electron chi connectivity index (χ1n) is 5.62. The Morgan fingerprint density at radius 1 is 1.24 bits per heavy atom. The lowest BCUT2D eigenvalue weighted by molar-refractivity contribution is -0.126. The van der Waals surface area contributed by atoms with Crippen molar-refractivity contribution in [3.05, 3.63) is 35.9 Å². The monoisotopic (exact) mass is 234 g/mol. The molecule has 0 radical (unpaired) electrons. The molecule has 0 aliphatic rings. The molecular formula is C13H18N2O2. The number of likely N-dealkylation sites (N-methyl/N-ethyl adjacent to an activating group) is 1. The number of benzene rings is 1. The lowest BCUT2D eigenvalue weighted by Gasteiger charge is -2.12. The molecule has 17 heavy (non-hydrogen) atoms. The molecule has 1 amide bonds. The number of nitrogens with one attached hydrogen (secondary N) is 2. The third-order valence-electron chi connectivity index (χ3n) is 2.56. The average Bonchev–Trinajstić information content (AvgIpc) is 2.34. The van der Waals surface area contributed by atoms with Crippen molar-refractivity contribution in [1.29, 1.82) is 0 Å². The lowest BCUT2D eigenvalue weighted by Crippen LogP contribution is -2.38. The summed E-state index contributed by atoms with van der Waals surface area (Å²) in [7, 11) is 1.68. The molecule has 0 aromatic heterocycles. The van der Waals surface area contributed by atoms with Gasteiger partial charge in [-0.2, -0.15) is 0 Å². The smallest absolute Gasteiger partial charge is 0.222 e. The van der Waals surface area contributed by atoms with Crippen LogP contribution >= 0.6 is 0 Å². The molecule has 0 aliphatic carbocycles. The molecule has 92 valence electrons. The molecule has 1 unspecified atom stereocenters. The van der Waals surface area contributed by atoms with Gasteiger partial charge >= 0.3 is 0 Å². The minimum atomic E-state index is -0.397. The van der Waals surface area contributed by atoms with Gasteiger partial charge in [-0.25, -0.2) is 0 Å². The molecule has 1 atom stereocenters. The van der Waals surface area contributed by atoms with Crippen LogP contribution in [0.15, 0.2) is 30.3 Å². The van der Waals surface area contributed by atoms with E-state index in [2.05, 4.69) is 10.6 Å². The van der Waals surface area contributed by atoms with Crippen LogP contribution in [0.1, 0.15) is 18.9 Å². The predicted octanol–water partition coefficient (Wildman–Crippen LogP) is 0.870. The van der Waals surface area contributed by atoms with Crippen LogP contribution < -0.4 is 10.6 Å². The van der Waals surface area contributed by atoms with Gasteiger partial charge < -0.3 is 10.6 Å². The Kier molecular flexibility index (Phi) is 5.36. The van der Waals surface area contributed by atoms with Crippen LogP contribution in [0.25, 0.3) is 0 Å². The van der Waals surface area contributed by atoms with E-state index in [4.69, 9.17) is 0 Å². The number of carbonyl (C=O) groups excluding carboxylic acids is 2. The van der Waals surface area contributed by atoms with Crippen molar-refractivity contribution in [3.8, 4) is 0 Å². The van der Waals surface area contributed by atoms with Crippen molar-refractivity contribution >= 4 is 11.7 Å². The van der Waals surface area contributed by atoms with Crippen molar-refractivity contribution in [2.24, 2.45) is 0 Å². The highest BCUT2D eigenvalue weighted by Crippen LogP contribution is 1.98. The summed E-state index contributed by atoms with van der Waals surface area (Å²) in [4.78, 5) is 22.7. The molecular weight excluding hydrogens is 216 g/mol. The van der Waals surface area contributed by atoms with Gasteiger partial charge in [-0.05, 0) is 19.5 Å². The first kappa shape index (κ1) is 13.4. The van der Waals surface area contributed by atoms with Gasteiger partial charge in [-0.1, -0.05) is 30.3 Å². The molecule has 0 bridgehead atoms. The largest absolute Gasteiger partial charge is 0.352 e. The van der Waals surface area contributed by atoms with Crippen LogP contribution in [0.3, 0.4) is 0 Å². The zero-order chi connectivity index (χ0) is 12.7. The Balaban J connectivity index is 2.37. The number of hydrogen-bond donors (Lipinski definition) is 2. The van der Waals surface area contributed by atoms with Crippen LogP contribution in [0.4, 0.5) is 0 Å². The molecule has 0 spiro atoms. The van der Waals surface area contributed by atoms with E-state index < -0.39 is 6.04 Å². The number of hydrogen-bond acceptors (Lipinski definition) is 3. The number of ketones is 1. The Hall–Kier alpha value is -1.68. The second-order valence-electron chi connectivity index (χ2n) is 3.92. The molecule has 0 saturated carbocycles. The summed E-state index contributed by atoms with van der Waals surface area (Å²) in [5.74, 6) is -0.147. The maximum absolute atomic E-state index is 11.6. The second kappa shape index (κ2) is 6.81. The number of Topliss-reactive ketones (excluding diaryl/α,β-unsaturated/α-hetero) is 1. The molecule has 1 rings (SSSR count). The summed E-state index contributed by atoms with van der Waals surface area (Å²) >= 11 is 0. The molecule has 0 aliphatic heterocycles. The number of rotatable bonds is 6. The van der Waals surface area contributed by atoms with Gasteiger partial charge in [-0.3, -0.25) is 9.59 Å². The van der Waals surface area contributed by atoms with Crippen molar-refractivity contribution in [2.45, 2.75) is 25.9 Å². The fraction of sp³-hybridized carbons (Fsp3) is 0.385.